The zero-order valence-corrected chi connectivity index (χ0v) is 15.6. The van der Waals surface area contributed by atoms with E-state index >= 15 is 0 Å². The van der Waals surface area contributed by atoms with Gasteiger partial charge in [-0.15, -0.1) is 0 Å². The molecule has 3 aromatic rings. The number of nitrogens with zero attached hydrogens (tertiary/aromatic N) is 5. The van der Waals surface area contributed by atoms with Crippen LogP contribution < -0.4 is 21.7 Å². The summed E-state index contributed by atoms with van der Waals surface area (Å²) in [4.78, 5) is 19.2. The van der Waals surface area contributed by atoms with Gasteiger partial charge in [-0.25, -0.2) is 19.9 Å². The fourth-order valence-corrected chi connectivity index (χ4v) is 3.56. The maximum Gasteiger partial charge on any atom is 0.150 e. The molecule has 1 atom stereocenters. The van der Waals surface area contributed by atoms with Gasteiger partial charge >= 0.3 is 0 Å². The molecule has 1 aliphatic rings. The van der Waals surface area contributed by atoms with Crippen molar-refractivity contribution in [1.29, 1.82) is 0 Å². The van der Waals surface area contributed by atoms with Gasteiger partial charge in [0.2, 0.25) is 0 Å². The van der Waals surface area contributed by atoms with Crippen molar-refractivity contribution in [2.45, 2.75) is 18.9 Å². The van der Waals surface area contributed by atoms with E-state index in [9.17, 15) is 0 Å². The van der Waals surface area contributed by atoms with E-state index in [0.717, 1.165) is 31.7 Å². The molecule has 3 heterocycles. The summed E-state index contributed by atoms with van der Waals surface area (Å²) in [5.74, 6) is 3.01. The smallest absolute Gasteiger partial charge is 0.150 e. The number of hydrogen-bond donors (Lipinski definition) is 3. The number of nitrogen functional groups attached to an aromatic ring is 1. The minimum Gasteiger partial charge on any atom is -0.382 e. The van der Waals surface area contributed by atoms with Gasteiger partial charge < -0.3 is 21.7 Å². The van der Waals surface area contributed by atoms with E-state index < -0.39 is 0 Å². The number of aromatic nitrogens is 4. The zero-order valence-electron chi connectivity index (χ0n) is 15.6. The highest BCUT2D eigenvalue weighted by molar-refractivity contribution is 5.56. The number of nitrogens with one attached hydrogen (secondary N) is 1. The van der Waals surface area contributed by atoms with Crippen LogP contribution >= 0.6 is 0 Å². The first-order chi connectivity index (χ1) is 13.7. The van der Waals surface area contributed by atoms with Crippen LogP contribution in [-0.4, -0.2) is 33.0 Å². The Labute approximate surface area is 164 Å². The molecule has 0 aliphatic carbocycles. The first kappa shape index (κ1) is 18.1. The third kappa shape index (κ3) is 4.17. The Balaban J connectivity index is 1.38. The van der Waals surface area contributed by atoms with Gasteiger partial charge in [0.1, 0.15) is 29.6 Å². The molecule has 1 aromatic carbocycles. The first-order valence-electron chi connectivity index (χ1n) is 9.41. The monoisotopic (exact) mass is 376 g/mol. The van der Waals surface area contributed by atoms with Crippen molar-refractivity contribution in [3.05, 3.63) is 60.7 Å². The molecule has 5 N–H and O–H groups in total. The number of rotatable bonds is 5. The molecule has 1 fully saturated rings. The summed E-state index contributed by atoms with van der Waals surface area (Å²) in [6, 6.07) is 12.3. The number of nitrogens with two attached hydrogens (primary N) is 2. The minimum absolute atomic E-state index is 0.0788. The van der Waals surface area contributed by atoms with E-state index in [-0.39, 0.29) is 6.04 Å². The normalized spacial score (nSPS) is 16.0. The standard InChI is InChI=1S/C20H24N8/c21-16-11-24-18(12-23-16)27-17-10-19(26-13-25-17)28-8-6-15(7-9-28)20(22)14-4-2-1-3-5-14/h1-5,10-13,15,20H,6-9,22H2,(H2,21,23)(H,24,25,26,27). The number of benzene rings is 1. The second-order valence-electron chi connectivity index (χ2n) is 6.97. The van der Waals surface area contributed by atoms with Crippen molar-refractivity contribution >= 4 is 23.3 Å². The molecule has 0 bridgehead atoms. The first-order valence-corrected chi connectivity index (χ1v) is 9.41. The number of piperidine rings is 1. The summed E-state index contributed by atoms with van der Waals surface area (Å²) < 4.78 is 0. The third-order valence-electron chi connectivity index (χ3n) is 5.14. The van der Waals surface area contributed by atoms with E-state index in [1.807, 2.05) is 24.3 Å². The van der Waals surface area contributed by atoms with Crippen LogP contribution in [0.5, 0.6) is 0 Å². The summed E-state index contributed by atoms with van der Waals surface area (Å²) in [5, 5.41) is 3.13. The Morgan fingerprint density at radius 3 is 2.46 bits per heavy atom. The van der Waals surface area contributed by atoms with E-state index in [1.54, 1.807) is 12.5 Å². The number of anilines is 4. The van der Waals surface area contributed by atoms with Crippen LogP contribution in [0.15, 0.2) is 55.1 Å². The van der Waals surface area contributed by atoms with E-state index in [1.165, 1.54) is 11.8 Å². The van der Waals surface area contributed by atoms with Crippen LogP contribution in [0.25, 0.3) is 0 Å². The lowest BCUT2D eigenvalue weighted by Crippen LogP contribution is -2.38. The Bertz CT molecular complexity index is 892. The highest BCUT2D eigenvalue weighted by atomic mass is 15.2. The van der Waals surface area contributed by atoms with Gasteiger partial charge in [0.25, 0.3) is 0 Å². The van der Waals surface area contributed by atoms with Gasteiger partial charge in [-0.1, -0.05) is 30.3 Å². The molecule has 2 aromatic heterocycles. The van der Waals surface area contributed by atoms with Gasteiger partial charge in [-0.05, 0) is 24.3 Å². The molecule has 0 spiro atoms. The SMILES string of the molecule is Nc1cnc(Nc2cc(N3CCC(C(N)c4ccccc4)CC3)ncn2)cn1. The Morgan fingerprint density at radius 1 is 0.964 bits per heavy atom. The Hall–Kier alpha value is -3.26. The highest BCUT2D eigenvalue weighted by Crippen LogP contribution is 2.30. The molecule has 1 unspecified atom stereocenters. The molecule has 28 heavy (non-hydrogen) atoms. The lowest BCUT2D eigenvalue weighted by Gasteiger charge is -2.35. The van der Waals surface area contributed by atoms with Crippen molar-refractivity contribution in [2.75, 3.05) is 29.0 Å². The average Bonchev–Trinajstić information content (AvgIpc) is 2.76. The summed E-state index contributed by atoms with van der Waals surface area (Å²) in [6.07, 6.45) is 6.71. The predicted octanol–water partition coefficient (Wildman–Crippen LogP) is 2.51. The lowest BCUT2D eigenvalue weighted by atomic mass is 9.86. The van der Waals surface area contributed by atoms with Crippen molar-refractivity contribution in [3.63, 3.8) is 0 Å². The summed E-state index contributed by atoms with van der Waals surface area (Å²) in [6.45, 7) is 1.84. The molecule has 0 saturated carbocycles. The van der Waals surface area contributed by atoms with Crippen molar-refractivity contribution in [3.8, 4) is 0 Å². The molecule has 8 heteroatoms. The van der Waals surface area contributed by atoms with Crippen molar-refractivity contribution in [2.24, 2.45) is 11.7 Å². The zero-order chi connectivity index (χ0) is 19.3. The predicted molar refractivity (Wildman–Crippen MR) is 110 cm³/mol. The fourth-order valence-electron chi connectivity index (χ4n) is 3.56. The van der Waals surface area contributed by atoms with Crippen LogP contribution in [0.3, 0.4) is 0 Å². The summed E-state index contributed by atoms with van der Waals surface area (Å²) >= 11 is 0. The van der Waals surface area contributed by atoms with E-state index in [2.05, 4.69) is 42.3 Å². The fraction of sp³-hybridized carbons (Fsp3) is 0.300. The van der Waals surface area contributed by atoms with Gasteiger partial charge in [0, 0.05) is 25.2 Å². The summed E-state index contributed by atoms with van der Waals surface area (Å²) in [7, 11) is 0. The van der Waals surface area contributed by atoms with E-state index in [4.69, 9.17) is 11.5 Å². The Kier molecular flexibility index (Phi) is 5.29. The number of hydrogen-bond acceptors (Lipinski definition) is 8. The Morgan fingerprint density at radius 2 is 1.75 bits per heavy atom. The highest BCUT2D eigenvalue weighted by Gasteiger charge is 2.26. The van der Waals surface area contributed by atoms with Crippen molar-refractivity contribution < 1.29 is 0 Å². The van der Waals surface area contributed by atoms with Crippen LogP contribution in [0.1, 0.15) is 24.4 Å². The van der Waals surface area contributed by atoms with Gasteiger partial charge in [0.15, 0.2) is 0 Å². The minimum atomic E-state index is 0.0788. The third-order valence-corrected chi connectivity index (χ3v) is 5.14. The molecule has 1 aliphatic heterocycles. The van der Waals surface area contributed by atoms with Crippen LogP contribution in [-0.2, 0) is 0 Å². The largest absolute Gasteiger partial charge is 0.382 e. The topological polar surface area (TPSA) is 119 Å². The molecule has 1 saturated heterocycles. The molecule has 144 valence electrons. The second kappa shape index (κ2) is 8.18. The summed E-state index contributed by atoms with van der Waals surface area (Å²) in [5.41, 5.74) is 13.3. The maximum absolute atomic E-state index is 6.50. The molecule has 0 radical (unpaired) electrons. The second-order valence-corrected chi connectivity index (χ2v) is 6.97. The van der Waals surface area contributed by atoms with Crippen molar-refractivity contribution in [1.82, 2.24) is 19.9 Å². The molecular formula is C20H24N8. The van der Waals surface area contributed by atoms with Crippen LogP contribution in [0, 0.1) is 5.92 Å². The maximum atomic E-state index is 6.50. The molecule has 8 nitrogen and oxygen atoms in total. The van der Waals surface area contributed by atoms with Crippen LogP contribution in [0.4, 0.5) is 23.3 Å². The lowest BCUT2D eigenvalue weighted by molar-refractivity contribution is 0.344. The molecule has 0 amide bonds. The quantitative estimate of drug-likeness (QED) is 0.621. The average molecular weight is 376 g/mol. The van der Waals surface area contributed by atoms with Gasteiger partial charge in [-0.3, -0.25) is 0 Å². The van der Waals surface area contributed by atoms with Gasteiger partial charge in [0.05, 0.1) is 12.4 Å². The van der Waals surface area contributed by atoms with E-state index in [0.29, 0.717) is 23.4 Å². The van der Waals surface area contributed by atoms with Crippen LogP contribution in [0.2, 0.25) is 0 Å². The van der Waals surface area contributed by atoms with Gasteiger partial charge in [-0.2, -0.15) is 0 Å². The molecular weight excluding hydrogens is 352 g/mol. The molecule has 4 rings (SSSR count).